The predicted molar refractivity (Wildman–Crippen MR) is 45.2 cm³/mol. The smallest absolute Gasteiger partial charge is 0.318 e. The third-order valence-electron chi connectivity index (χ3n) is 1.06. The van der Waals surface area contributed by atoms with Gasteiger partial charge in [0.1, 0.15) is 0 Å². The molecule has 0 aliphatic heterocycles. The van der Waals surface area contributed by atoms with Crippen LogP contribution in [-0.2, 0) is 4.43 Å². The van der Waals surface area contributed by atoms with Crippen LogP contribution in [0, 0.1) is 0 Å². The van der Waals surface area contributed by atoms with Crippen LogP contribution in [-0.4, -0.2) is 20.7 Å². The zero-order valence-electron chi connectivity index (χ0n) is 6.76. The molecule has 0 saturated carbocycles. The molecule has 0 fully saturated rings. The first-order valence-electron chi connectivity index (χ1n) is 3.61. The first-order valence-corrected chi connectivity index (χ1v) is 5.41. The predicted octanol–water partition coefficient (Wildman–Crippen LogP) is 1.20. The van der Waals surface area contributed by atoms with E-state index in [0.717, 1.165) is 18.0 Å². The number of hydrogen-bond acceptors (Lipinski definition) is 2. The van der Waals surface area contributed by atoms with E-state index in [1.54, 1.807) is 0 Å². The number of hydrogen-bond donors (Lipinski definition) is 1. The molecular weight excluding hydrogens is 144 g/mol. The molecular formula is C7H16O2Si. The molecule has 10 heavy (non-hydrogen) atoms. The molecule has 1 N–H and O–H groups in total. The normalized spacial score (nSPS) is 13.1. The van der Waals surface area contributed by atoms with E-state index in [-0.39, 0.29) is 0 Å². The van der Waals surface area contributed by atoms with Gasteiger partial charge in [-0.2, -0.15) is 0 Å². The van der Waals surface area contributed by atoms with Gasteiger partial charge < -0.3 is 9.22 Å². The fourth-order valence-electron chi connectivity index (χ4n) is 0.569. The van der Waals surface area contributed by atoms with E-state index in [0.29, 0.717) is 6.61 Å². The fraction of sp³-hybridized carbons (Fsp3) is 0.714. The van der Waals surface area contributed by atoms with Crippen molar-refractivity contribution in [2.45, 2.75) is 26.3 Å². The third kappa shape index (κ3) is 6.00. The highest BCUT2D eigenvalue weighted by atomic mass is 28.3. The average Bonchev–Trinajstić information content (AvgIpc) is 1.85. The molecule has 1 atom stereocenters. The number of rotatable bonds is 5. The first kappa shape index (κ1) is 9.88. The lowest BCUT2D eigenvalue weighted by Crippen LogP contribution is -2.17. The summed E-state index contributed by atoms with van der Waals surface area (Å²) in [6, 6.07) is 0.841. The van der Waals surface area contributed by atoms with Crippen LogP contribution >= 0.6 is 0 Å². The van der Waals surface area contributed by atoms with Gasteiger partial charge in [-0.05, 0) is 13.0 Å². The minimum atomic E-state index is -1.82. The maximum absolute atomic E-state index is 9.17. The van der Waals surface area contributed by atoms with Gasteiger partial charge in [0.15, 0.2) is 0 Å². The van der Waals surface area contributed by atoms with Crippen molar-refractivity contribution < 1.29 is 9.22 Å². The second-order valence-corrected chi connectivity index (χ2v) is 4.33. The average molecular weight is 160 g/mol. The van der Waals surface area contributed by atoms with Crippen LogP contribution in [0.2, 0.25) is 6.04 Å². The second-order valence-electron chi connectivity index (χ2n) is 2.51. The molecule has 0 aromatic rings. The van der Waals surface area contributed by atoms with E-state index in [9.17, 15) is 4.80 Å². The summed E-state index contributed by atoms with van der Waals surface area (Å²) in [7, 11) is -1.82. The highest BCUT2D eigenvalue weighted by Gasteiger charge is 2.04. The van der Waals surface area contributed by atoms with Crippen molar-refractivity contribution in [3.05, 3.63) is 12.2 Å². The molecule has 0 heterocycles. The molecule has 0 rings (SSSR count). The summed E-state index contributed by atoms with van der Waals surface area (Å²) in [5.74, 6) is 0. The minimum Gasteiger partial charge on any atom is -0.413 e. The van der Waals surface area contributed by atoms with Crippen LogP contribution in [0.1, 0.15) is 20.3 Å². The molecule has 0 bridgehead atoms. The Balaban J connectivity index is 3.21. The lowest BCUT2D eigenvalue weighted by atomic mass is 10.4. The Hall–Kier alpha value is -0.123. The summed E-state index contributed by atoms with van der Waals surface area (Å²) in [6.45, 7) is 8.13. The van der Waals surface area contributed by atoms with E-state index >= 15 is 0 Å². The molecule has 0 aliphatic rings. The van der Waals surface area contributed by atoms with Gasteiger partial charge >= 0.3 is 9.28 Å². The SMILES string of the molecule is C=C(C)CO[SiH](O)CCC. The van der Waals surface area contributed by atoms with Crippen LogP contribution in [0.4, 0.5) is 0 Å². The van der Waals surface area contributed by atoms with Gasteiger partial charge in [-0.25, -0.2) is 0 Å². The Kier molecular flexibility index (Phi) is 5.58. The highest BCUT2D eigenvalue weighted by Crippen LogP contribution is 1.97. The lowest BCUT2D eigenvalue weighted by molar-refractivity contribution is 0.283. The van der Waals surface area contributed by atoms with E-state index < -0.39 is 9.28 Å². The summed E-state index contributed by atoms with van der Waals surface area (Å²) in [5, 5.41) is 0. The van der Waals surface area contributed by atoms with Gasteiger partial charge in [0.2, 0.25) is 0 Å². The van der Waals surface area contributed by atoms with Crippen molar-refractivity contribution in [1.82, 2.24) is 0 Å². The van der Waals surface area contributed by atoms with Crippen molar-refractivity contribution >= 4 is 9.28 Å². The topological polar surface area (TPSA) is 29.5 Å². The van der Waals surface area contributed by atoms with Gasteiger partial charge in [0, 0.05) is 0 Å². The van der Waals surface area contributed by atoms with Crippen molar-refractivity contribution in [2.75, 3.05) is 6.61 Å². The molecule has 0 aromatic carbocycles. The zero-order valence-corrected chi connectivity index (χ0v) is 7.92. The van der Waals surface area contributed by atoms with Crippen LogP contribution in [0.15, 0.2) is 12.2 Å². The van der Waals surface area contributed by atoms with Crippen molar-refractivity contribution in [3.63, 3.8) is 0 Å². The van der Waals surface area contributed by atoms with Gasteiger partial charge in [-0.15, -0.1) is 0 Å². The highest BCUT2D eigenvalue weighted by molar-refractivity contribution is 6.42. The summed E-state index contributed by atoms with van der Waals surface area (Å²) in [6.07, 6.45) is 1.00. The summed E-state index contributed by atoms with van der Waals surface area (Å²) in [4.78, 5) is 9.17. The Bertz CT molecular complexity index is 104. The summed E-state index contributed by atoms with van der Waals surface area (Å²) >= 11 is 0. The molecule has 0 radical (unpaired) electrons. The third-order valence-corrected chi connectivity index (χ3v) is 2.68. The van der Waals surface area contributed by atoms with Crippen LogP contribution in [0.5, 0.6) is 0 Å². The van der Waals surface area contributed by atoms with Crippen molar-refractivity contribution in [1.29, 1.82) is 0 Å². The van der Waals surface area contributed by atoms with E-state index in [1.165, 1.54) is 0 Å². The molecule has 1 unspecified atom stereocenters. The second kappa shape index (κ2) is 5.65. The molecule has 0 amide bonds. The Morgan fingerprint density at radius 3 is 2.70 bits per heavy atom. The van der Waals surface area contributed by atoms with Crippen molar-refractivity contribution in [3.8, 4) is 0 Å². The molecule has 0 aliphatic carbocycles. The summed E-state index contributed by atoms with van der Waals surface area (Å²) in [5.41, 5.74) is 0.975. The first-order chi connectivity index (χ1) is 4.66. The standard InChI is InChI=1S/C7H16O2Si/c1-4-5-10(8)9-6-7(2)3/h8,10H,2,4-6H2,1,3H3. The Labute approximate surface area is 64.4 Å². The molecule has 60 valence electrons. The van der Waals surface area contributed by atoms with Crippen LogP contribution in [0.25, 0.3) is 0 Å². The van der Waals surface area contributed by atoms with Crippen LogP contribution < -0.4 is 0 Å². The fourth-order valence-corrected chi connectivity index (χ4v) is 1.71. The van der Waals surface area contributed by atoms with Gasteiger partial charge in [0.05, 0.1) is 6.61 Å². The molecule has 0 saturated heterocycles. The summed E-state index contributed by atoms with van der Waals surface area (Å²) < 4.78 is 5.14. The van der Waals surface area contributed by atoms with E-state index in [1.807, 2.05) is 13.8 Å². The van der Waals surface area contributed by atoms with Crippen molar-refractivity contribution in [2.24, 2.45) is 0 Å². The van der Waals surface area contributed by atoms with Crippen LogP contribution in [0.3, 0.4) is 0 Å². The Morgan fingerprint density at radius 2 is 2.30 bits per heavy atom. The zero-order chi connectivity index (χ0) is 7.98. The molecule has 2 nitrogen and oxygen atoms in total. The lowest BCUT2D eigenvalue weighted by Gasteiger charge is -2.07. The van der Waals surface area contributed by atoms with E-state index in [4.69, 9.17) is 4.43 Å². The molecule has 3 heteroatoms. The quantitative estimate of drug-likeness (QED) is 0.484. The van der Waals surface area contributed by atoms with Gasteiger partial charge in [-0.1, -0.05) is 25.5 Å². The maximum Gasteiger partial charge on any atom is 0.318 e. The maximum atomic E-state index is 9.17. The largest absolute Gasteiger partial charge is 0.413 e. The Morgan fingerprint density at radius 1 is 1.70 bits per heavy atom. The minimum absolute atomic E-state index is 0.521. The molecule has 0 aromatic heterocycles. The van der Waals surface area contributed by atoms with Gasteiger partial charge in [-0.3, -0.25) is 0 Å². The monoisotopic (exact) mass is 160 g/mol. The molecule has 0 spiro atoms. The van der Waals surface area contributed by atoms with Gasteiger partial charge in [0.25, 0.3) is 0 Å². The van der Waals surface area contributed by atoms with E-state index in [2.05, 4.69) is 6.58 Å².